The number of ether oxygens (including phenoxy) is 1. The summed E-state index contributed by atoms with van der Waals surface area (Å²) in [7, 11) is 1.74. The molecule has 0 amide bonds. The fourth-order valence-corrected chi connectivity index (χ4v) is 2.67. The minimum absolute atomic E-state index is 0.285. The van der Waals surface area contributed by atoms with Crippen molar-refractivity contribution < 1.29 is 14.9 Å². The molecule has 0 aromatic heterocycles. The number of hydrogen-bond donors (Lipinski definition) is 2. The number of likely N-dealkylation sites (tertiary alicyclic amines) is 1. The molecule has 0 radical (unpaired) electrons. The number of aliphatic hydroxyl groups is 2. The Morgan fingerprint density at radius 1 is 1.14 bits per heavy atom. The highest BCUT2D eigenvalue weighted by Gasteiger charge is 2.39. The van der Waals surface area contributed by atoms with Gasteiger partial charge in [0.05, 0.1) is 18.3 Å². The molecule has 82 valence electrons. The van der Waals surface area contributed by atoms with E-state index in [0.29, 0.717) is 19.1 Å². The zero-order valence-electron chi connectivity index (χ0n) is 8.59. The van der Waals surface area contributed by atoms with Crippen molar-refractivity contribution in [2.24, 2.45) is 0 Å². The smallest absolute Gasteiger partial charge is 0.0938 e. The monoisotopic (exact) mass is 201 g/mol. The summed E-state index contributed by atoms with van der Waals surface area (Å²) in [5.74, 6) is 0. The average molecular weight is 201 g/mol. The summed E-state index contributed by atoms with van der Waals surface area (Å²) in [4.78, 5) is 2.16. The zero-order valence-corrected chi connectivity index (χ0v) is 8.59. The number of hydrogen-bond acceptors (Lipinski definition) is 4. The molecule has 0 aromatic carbocycles. The van der Waals surface area contributed by atoms with Crippen LogP contribution in [0.1, 0.15) is 19.3 Å². The molecule has 1 saturated carbocycles. The number of rotatable bonds is 2. The van der Waals surface area contributed by atoms with Gasteiger partial charge in [-0.2, -0.15) is 0 Å². The normalized spacial score (nSPS) is 44.8. The molecule has 0 aromatic rings. The number of aliphatic hydroxyl groups excluding tert-OH is 2. The number of methoxy groups -OCH3 is 1. The standard InChI is InChI=1S/C10H19NO3/c1-14-10-4-2-3-7(10)11-5-8(12)9(13)6-11/h7-10,12-13H,2-6H2,1H3/t7?,8-,9+,10?. The van der Waals surface area contributed by atoms with Crippen molar-refractivity contribution in [1.82, 2.24) is 4.90 Å². The van der Waals surface area contributed by atoms with Crippen LogP contribution in [0.15, 0.2) is 0 Å². The van der Waals surface area contributed by atoms with Crippen molar-refractivity contribution in [3.63, 3.8) is 0 Å². The number of β-amino-alcohol motifs (C(OH)–C–C–N with tert-alkyl or cyclic N) is 2. The van der Waals surface area contributed by atoms with E-state index in [4.69, 9.17) is 4.74 Å². The molecular formula is C10H19NO3. The van der Waals surface area contributed by atoms with E-state index in [1.54, 1.807) is 7.11 Å². The second-order valence-electron chi connectivity index (χ2n) is 4.36. The molecule has 4 heteroatoms. The highest BCUT2D eigenvalue weighted by molar-refractivity contribution is 4.93. The molecule has 4 nitrogen and oxygen atoms in total. The first-order chi connectivity index (χ1) is 6.72. The molecule has 1 aliphatic carbocycles. The molecule has 2 unspecified atom stereocenters. The van der Waals surface area contributed by atoms with E-state index in [2.05, 4.69) is 4.90 Å². The van der Waals surface area contributed by atoms with Crippen molar-refractivity contribution >= 4 is 0 Å². The predicted molar refractivity (Wildman–Crippen MR) is 52.0 cm³/mol. The molecule has 1 aliphatic heterocycles. The van der Waals surface area contributed by atoms with Gasteiger partial charge in [-0.15, -0.1) is 0 Å². The first-order valence-electron chi connectivity index (χ1n) is 5.35. The van der Waals surface area contributed by atoms with Crippen molar-refractivity contribution in [2.45, 2.75) is 43.6 Å². The van der Waals surface area contributed by atoms with Gasteiger partial charge in [0.25, 0.3) is 0 Å². The predicted octanol–water partition coefficient (Wildman–Crippen LogP) is -0.409. The van der Waals surface area contributed by atoms with Gasteiger partial charge >= 0.3 is 0 Å². The summed E-state index contributed by atoms with van der Waals surface area (Å²) in [5.41, 5.74) is 0. The van der Waals surface area contributed by atoms with Gasteiger partial charge < -0.3 is 14.9 Å². The van der Waals surface area contributed by atoms with Crippen LogP contribution in [0.2, 0.25) is 0 Å². The van der Waals surface area contributed by atoms with Gasteiger partial charge in [0, 0.05) is 26.2 Å². The summed E-state index contributed by atoms with van der Waals surface area (Å²) in [6.07, 6.45) is 2.54. The summed E-state index contributed by atoms with van der Waals surface area (Å²) in [5, 5.41) is 18.9. The van der Waals surface area contributed by atoms with Crippen molar-refractivity contribution in [3.05, 3.63) is 0 Å². The quantitative estimate of drug-likeness (QED) is 0.638. The Hall–Kier alpha value is -0.160. The van der Waals surface area contributed by atoms with Gasteiger partial charge in [-0.25, -0.2) is 0 Å². The van der Waals surface area contributed by atoms with Crippen LogP contribution < -0.4 is 0 Å². The van der Waals surface area contributed by atoms with E-state index in [0.717, 1.165) is 12.8 Å². The van der Waals surface area contributed by atoms with Gasteiger partial charge in [0.15, 0.2) is 0 Å². The zero-order chi connectivity index (χ0) is 10.1. The molecule has 2 aliphatic rings. The van der Waals surface area contributed by atoms with Crippen LogP contribution in [0.5, 0.6) is 0 Å². The van der Waals surface area contributed by atoms with E-state index < -0.39 is 12.2 Å². The van der Waals surface area contributed by atoms with E-state index >= 15 is 0 Å². The first kappa shape index (κ1) is 10.4. The van der Waals surface area contributed by atoms with Crippen molar-refractivity contribution in [2.75, 3.05) is 20.2 Å². The molecule has 2 fully saturated rings. The Kier molecular flexibility index (Phi) is 3.07. The van der Waals surface area contributed by atoms with Gasteiger partial charge in [0.1, 0.15) is 0 Å². The Labute approximate surface area is 84.5 Å². The van der Waals surface area contributed by atoms with Crippen molar-refractivity contribution in [3.8, 4) is 0 Å². The van der Waals surface area contributed by atoms with E-state index in [-0.39, 0.29) is 6.10 Å². The molecule has 1 heterocycles. The van der Waals surface area contributed by atoms with Crippen LogP contribution in [-0.4, -0.2) is 59.7 Å². The lowest BCUT2D eigenvalue weighted by Gasteiger charge is -2.28. The maximum Gasteiger partial charge on any atom is 0.0938 e. The Bertz CT molecular complexity index is 190. The summed E-state index contributed by atoms with van der Waals surface area (Å²) in [6.45, 7) is 1.18. The molecule has 4 atom stereocenters. The van der Waals surface area contributed by atoms with Crippen LogP contribution in [0.4, 0.5) is 0 Å². The van der Waals surface area contributed by atoms with Gasteiger partial charge in [-0.05, 0) is 19.3 Å². The van der Waals surface area contributed by atoms with Crippen LogP contribution in [0.25, 0.3) is 0 Å². The lowest BCUT2D eigenvalue weighted by atomic mass is 10.2. The molecular weight excluding hydrogens is 182 g/mol. The van der Waals surface area contributed by atoms with Gasteiger partial charge in [-0.3, -0.25) is 4.90 Å². The molecule has 2 rings (SSSR count). The lowest BCUT2D eigenvalue weighted by molar-refractivity contribution is 0.0367. The summed E-state index contributed by atoms with van der Waals surface area (Å²) >= 11 is 0. The highest BCUT2D eigenvalue weighted by Crippen LogP contribution is 2.28. The first-order valence-corrected chi connectivity index (χ1v) is 5.35. The molecule has 0 bridgehead atoms. The fourth-order valence-electron chi connectivity index (χ4n) is 2.67. The maximum atomic E-state index is 9.45. The highest BCUT2D eigenvalue weighted by atomic mass is 16.5. The lowest BCUT2D eigenvalue weighted by Crippen LogP contribution is -2.40. The summed E-state index contributed by atoms with van der Waals surface area (Å²) < 4.78 is 5.40. The van der Waals surface area contributed by atoms with Crippen LogP contribution in [0.3, 0.4) is 0 Å². The molecule has 0 spiro atoms. The minimum Gasteiger partial charge on any atom is -0.389 e. The Balaban J connectivity index is 1.95. The van der Waals surface area contributed by atoms with Gasteiger partial charge in [-0.1, -0.05) is 0 Å². The van der Waals surface area contributed by atoms with E-state index in [1.165, 1.54) is 6.42 Å². The van der Waals surface area contributed by atoms with Crippen LogP contribution in [-0.2, 0) is 4.74 Å². The molecule has 1 saturated heterocycles. The van der Waals surface area contributed by atoms with E-state index in [1.807, 2.05) is 0 Å². The fraction of sp³-hybridized carbons (Fsp3) is 1.00. The van der Waals surface area contributed by atoms with Gasteiger partial charge in [0.2, 0.25) is 0 Å². The topological polar surface area (TPSA) is 52.9 Å². The van der Waals surface area contributed by atoms with Crippen LogP contribution in [0, 0.1) is 0 Å². The molecule has 2 N–H and O–H groups in total. The number of nitrogens with zero attached hydrogens (tertiary/aromatic N) is 1. The largest absolute Gasteiger partial charge is 0.389 e. The maximum absolute atomic E-state index is 9.45. The third-order valence-corrected chi connectivity index (χ3v) is 3.48. The SMILES string of the molecule is COC1CCCC1N1C[C@@H](O)[C@@H](O)C1. The Morgan fingerprint density at radius 2 is 1.79 bits per heavy atom. The Morgan fingerprint density at radius 3 is 2.36 bits per heavy atom. The minimum atomic E-state index is -0.576. The van der Waals surface area contributed by atoms with Crippen molar-refractivity contribution in [1.29, 1.82) is 0 Å². The van der Waals surface area contributed by atoms with E-state index in [9.17, 15) is 10.2 Å². The third-order valence-electron chi connectivity index (χ3n) is 3.48. The second kappa shape index (κ2) is 4.14. The average Bonchev–Trinajstić information content (AvgIpc) is 2.73. The molecule has 14 heavy (non-hydrogen) atoms. The van der Waals surface area contributed by atoms with Crippen LogP contribution >= 0.6 is 0 Å². The second-order valence-corrected chi connectivity index (χ2v) is 4.36. The third kappa shape index (κ3) is 1.80. The summed E-state index contributed by atoms with van der Waals surface area (Å²) in [6, 6.07) is 0.395.